The van der Waals surface area contributed by atoms with Crippen LogP contribution in [0.25, 0.3) is 0 Å². The molecule has 9 nitrogen and oxygen atoms in total. The summed E-state index contributed by atoms with van der Waals surface area (Å²) in [5.74, 6) is -0.189. The molecule has 1 amide bonds. The lowest BCUT2D eigenvalue weighted by Crippen LogP contribution is -2.60. The molecule has 1 rings (SSSR count). The van der Waals surface area contributed by atoms with Gasteiger partial charge in [-0.2, -0.15) is 0 Å². The molecule has 9 heteroatoms. The highest BCUT2D eigenvalue weighted by Crippen LogP contribution is 2.23. The van der Waals surface area contributed by atoms with Crippen molar-refractivity contribution in [2.75, 3.05) is 13.2 Å². The van der Waals surface area contributed by atoms with Crippen LogP contribution in [0.2, 0.25) is 0 Å². The number of allylic oxidation sites excluding steroid dienone is 11. The third kappa shape index (κ3) is 40.9. The van der Waals surface area contributed by atoms with E-state index >= 15 is 0 Å². The summed E-state index contributed by atoms with van der Waals surface area (Å²) in [5.41, 5.74) is 0. The summed E-state index contributed by atoms with van der Waals surface area (Å²) < 4.78 is 11.3. The van der Waals surface area contributed by atoms with E-state index in [1.807, 2.05) is 6.08 Å². The zero-order chi connectivity index (χ0) is 52.2. The first-order valence-corrected chi connectivity index (χ1v) is 30.2. The Morgan fingerprint density at radius 3 is 1.33 bits per heavy atom. The first-order valence-electron chi connectivity index (χ1n) is 30.2. The summed E-state index contributed by atoms with van der Waals surface area (Å²) in [4.78, 5) is 13.1. The zero-order valence-electron chi connectivity index (χ0n) is 46.4. The second-order valence-corrected chi connectivity index (χ2v) is 20.8. The van der Waals surface area contributed by atoms with Crippen LogP contribution in [-0.4, -0.2) is 87.5 Å². The zero-order valence-corrected chi connectivity index (χ0v) is 46.4. The SMILES string of the molecule is CC/C=C\C/C=C\C/C=C\C/C=C\CCCCCCCCCCCCCCC(=O)NC(COC1OC(CO)C(O)C(O)C1O)C(O)/C=C/CC/C=C/CCCCCCCCCCCCCCCCCCCC. The van der Waals surface area contributed by atoms with Crippen molar-refractivity contribution in [2.45, 2.75) is 307 Å². The Hall–Kier alpha value is -2.37. The Morgan fingerprint density at radius 2 is 0.875 bits per heavy atom. The average Bonchev–Trinajstić information content (AvgIpc) is 3.38. The molecule has 1 aliphatic rings. The van der Waals surface area contributed by atoms with Gasteiger partial charge in [0.05, 0.1) is 25.4 Å². The summed E-state index contributed by atoms with van der Waals surface area (Å²) in [6.45, 7) is 3.67. The maximum atomic E-state index is 13.1. The van der Waals surface area contributed by atoms with Crippen LogP contribution in [0.4, 0.5) is 0 Å². The lowest BCUT2D eigenvalue weighted by molar-refractivity contribution is -0.302. The third-order valence-electron chi connectivity index (χ3n) is 14.0. The minimum atomic E-state index is -1.58. The van der Waals surface area contributed by atoms with E-state index in [-0.39, 0.29) is 12.5 Å². The van der Waals surface area contributed by atoms with Gasteiger partial charge in [0, 0.05) is 6.42 Å². The van der Waals surface area contributed by atoms with Crippen molar-refractivity contribution in [3.05, 3.63) is 72.9 Å². The minimum absolute atomic E-state index is 0.189. The van der Waals surface area contributed by atoms with Gasteiger partial charge in [0.2, 0.25) is 5.91 Å². The summed E-state index contributed by atoms with van der Waals surface area (Å²) >= 11 is 0. The molecule has 0 aromatic heterocycles. The largest absolute Gasteiger partial charge is 0.394 e. The Labute approximate surface area is 442 Å². The normalized spacial score (nSPS) is 19.7. The number of unbranched alkanes of at least 4 members (excludes halogenated alkanes) is 31. The van der Waals surface area contributed by atoms with Crippen molar-refractivity contribution >= 4 is 5.91 Å². The number of ether oxygens (including phenoxy) is 2. The van der Waals surface area contributed by atoms with E-state index in [0.717, 1.165) is 64.2 Å². The summed E-state index contributed by atoms with van der Waals surface area (Å²) in [6, 6.07) is -0.827. The number of aliphatic hydroxyl groups is 5. The molecule has 0 radical (unpaired) electrons. The van der Waals surface area contributed by atoms with Crippen molar-refractivity contribution in [2.24, 2.45) is 0 Å². The molecule has 0 saturated carbocycles. The van der Waals surface area contributed by atoms with Crippen molar-refractivity contribution < 1.29 is 39.8 Å². The number of aliphatic hydroxyl groups excluding tert-OH is 5. The number of carbonyl (C=O) groups excluding carboxylic acids is 1. The number of rotatable bonds is 51. The van der Waals surface area contributed by atoms with E-state index in [2.05, 4.69) is 79.9 Å². The molecule has 7 atom stereocenters. The fraction of sp³-hybridized carbons (Fsp3) is 0.794. The van der Waals surface area contributed by atoms with Crippen LogP contribution in [0.3, 0.4) is 0 Å². The third-order valence-corrected chi connectivity index (χ3v) is 14.0. The quantitative estimate of drug-likeness (QED) is 0.0261. The number of nitrogens with one attached hydrogen (secondary N) is 1. The molecule has 72 heavy (non-hydrogen) atoms. The van der Waals surface area contributed by atoms with Gasteiger partial charge >= 0.3 is 0 Å². The van der Waals surface area contributed by atoms with Gasteiger partial charge in [0.25, 0.3) is 0 Å². The van der Waals surface area contributed by atoms with Gasteiger partial charge < -0.3 is 40.3 Å². The van der Waals surface area contributed by atoms with Gasteiger partial charge in [0.1, 0.15) is 24.4 Å². The van der Waals surface area contributed by atoms with Crippen molar-refractivity contribution in [3.8, 4) is 0 Å². The lowest BCUT2D eigenvalue weighted by atomic mass is 9.99. The first kappa shape index (κ1) is 67.6. The van der Waals surface area contributed by atoms with Crippen LogP contribution in [-0.2, 0) is 14.3 Å². The summed E-state index contributed by atoms with van der Waals surface area (Å²) in [7, 11) is 0. The van der Waals surface area contributed by atoms with Crippen LogP contribution >= 0.6 is 0 Å². The van der Waals surface area contributed by atoms with Crippen molar-refractivity contribution in [1.82, 2.24) is 5.32 Å². The van der Waals surface area contributed by atoms with Crippen molar-refractivity contribution in [1.29, 1.82) is 0 Å². The molecule has 0 aromatic rings. The predicted octanol–water partition coefficient (Wildman–Crippen LogP) is 15.2. The molecule has 0 aromatic carbocycles. The highest BCUT2D eigenvalue weighted by Gasteiger charge is 2.44. The second kappa shape index (κ2) is 52.1. The smallest absolute Gasteiger partial charge is 0.220 e. The standard InChI is InChI=1S/C63H113NO8/c1-3-5-7-9-11-13-15-17-19-21-23-25-27-29-31-33-35-37-39-41-43-45-47-49-51-53-59(67)64-56(55-71-63-62(70)61(69)60(68)58(54-65)72-63)57(66)52-50-48-46-44-42-40-38-36-34-32-30-28-26-24-22-20-18-16-14-12-10-8-6-4-2/h5,7,11,13,17,19,23,25,42,44,50,52,56-58,60-63,65-66,68-70H,3-4,6,8-10,12,14-16,18,20-22,24,26-41,43,45-49,51,53-55H2,1-2H3,(H,64,67)/b7-5-,13-11-,19-17-,25-23-,44-42+,52-50+. The lowest BCUT2D eigenvalue weighted by Gasteiger charge is -2.40. The minimum Gasteiger partial charge on any atom is -0.394 e. The topological polar surface area (TPSA) is 149 Å². The molecule has 1 saturated heterocycles. The monoisotopic (exact) mass is 1010 g/mol. The van der Waals surface area contributed by atoms with E-state index < -0.39 is 49.5 Å². The highest BCUT2D eigenvalue weighted by atomic mass is 16.7. The predicted molar refractivity (Wildman–Crippen MR) is 304 cm³/mol. The molecular weight excluding hydrogens is 899 g/mol. The molecule has 0 spiro atoms. The van der Waals surface area contributed by atoms with E-state index in [9.17, 15) is 30.3 Å². The van der Waals surface area contributed by atoms with Gasteiger partial charge in [-0.15, -0.1) is 0 Å². The molecule has 7 unspecified atom stereocenters. The Bertz CT molecular complexity index is 1360. The molecule has 1 fully saturated rings. The summed E-state index contributed by atoms with van der Waals surface area (Å²) in [5, 5.41) is 54.6. The second-order valence-electron chi connectivity index (χ2n) is 20.8. The molecule has 418 valence electrons. The first-order chi connectivity index (χ1) is 35.3. The van der Waals surface area contributed by atoms with E-state index in [1.165, 1.54) is 180 Å². The van der Waals surface area contributed by atoms with E-state index in [0.29, 0.717) is 6.42 Å². The van der Waals surface area contributed by atoms with Crippen LogP contribution < -0.4 is 5.32 Å². The Morgan fingerprint density at radius 1 is 0.486 bits per heavy atom. The molecule has 0 aliphatic carbocycles. The number of hydrogen-bond donors (Lipinski definition) is 6. The van der Waals surface area contributed by atoms with Gasteiger partial charge in [-0.25, -0.2) is 0 Å². The van der Waals surface area contributed by atoms with Crippen LogP contribution in [0.5, 0.6) is 0 Å². The van der Waals surface area contributed by atoms with Crippen LogP contribution in [0.1, 0.15) is 264 Å². The number of amides is 1. The maximum absolute atomic E-state index is 13.1. The molecule has 1 heterocycles. The van der Waals surface area contributed by atoms with Gasteiger partial charge in [0.15, 0.2) is 6.29 Å². The average molecular weight is 1010 g/mol. The van der Waals surface area contributed by atoms with Gasteiger partial charge in [-0.1, -0.05) is 260 Å². The molecule has 1 aliphatic heterocycles. The highest BCUT2D eigenvalue weighted by molar-refractivity contribution is 5.76. The molecular formula is C63H113NO8. The summed E-state index contributed by atoms with van der Waals surface area (Å²) in [6.07, 6.45) is 65.4. The van der Waals surface area contributed by atoms with Gasteiger partial charge in [-0.3, -0.25) is 4.79 Å². The van der Waals surface area contributed by atoms with Crippen LogP contribution in [0.15, 0.2) is 72.9 Å². The molecule has 0 bridgehead atoms. The number of hydrogen-bond acceptors (Lipinski definition) is 8. The van der Waals surface area contributed by atoms with Crippen LogP contribution in [0, 0.1) is 0 Å². The Balaban J connectivity index is 2.23. The number of carbonyl (C=O) groups is 1. The Kier molecular flexibility index (Phi) is 48.9. The maximum Gasteiger partial charge on any atom is 0.220 e. The van der Waals surface area contributed by atoms with Gasteiger partial charge in [-0.05, 0) is 70.6 Å². The fourth-order valence-electron chi connectivity index (χ4n) is 9.28. The fourth-order valence-corrected chi connectivity index (χ4v) is 9.28. The molecule has 6 N–H and O–H groups in total. The van der Waals surface area contributed by atoms with E-state index in [4.69, 9.17) is 9.47 Å². The van der Waals surface area contributed by atoms with E-state index in [1.54, 1.807) is 6.08 Å². The van der Waals surface area contributed by atoms with Crippen molar-refractivity contribution in [3.63, 3.8) is 0 Å².